The van der Waals surface area contributed by atoms with Gasteiger partial charge >= 0.3 is 0 Å². The van der Waals surface area contributed by atoms with Crippen LogP contribution in [0.25, 0.3) is 0 Å². The fourth-order valence-corrected chi connectivity index (χ4v) is 0.595. The fraction of sp³-hybridized carbons (Fsp3) is 0.714. The minimum absolute atomic E-state index is 0.718. The summed E-state index contributed by atoms with van der Waals surface area (Å²) in [6.07, 6.45) is 1.08. The SMILES string of the molecule is C=C(CC(C)C)NC. The van der Waals surface area contributed by atoms with E-state index in [1.807, 2.05) is 7.05 Å². The van der Waals surface area contributed by atoms with E-state index in [1.54, 1.807) is 0 Å². The molecule has 0 atom stereocenters. The van der Waals surface area contributed by atoms with Crippen molar-refractivity contribution in [1.29, 1.82) is 0 Å². The average Bonchev–Trinajstić information content (AvgIpc) is 1.65. The topological polar surface area (TPSA) is 12.0 Å². The zero-order valence-electron chi connectivity index (χ0n) is 5.99. The molecule has 48 valence electrons. The van der Waals surface area contributed by atoms with Crippen LogP contribution in [0.1, 0.15) is 20.3 Å². The van der Waals surface area contributed by atoms with Crippen molar-refractivity contribution in [3.05, 3.63) is 12.3 Å². The van der Waals surface area contributed by atoms with Gasteiger partial charge in [0.05, 0.1) is 0 Å². The van der Waals surface area contributed by atoms with Gasteiger partial charge in [0, 0.05) is 12.7 Å². The highest BCUT2D eigenvalue weighted by atomic mass is 14.8. The highest BCUT2D eigenvalue weighted by Gasteiger charge is 1.93. The molecule has 0 aliphatic heterocycles. The number of hydrogen-bond acceptors (Lipinski definition) is 1. The second-order valence-corrected chi connectivity index (χ2v) is 2.45. The van der Waals surface area contributed by atoms with Gasteiger partial charge in [0.25, 0.3) is 0 Å². The Morgan fingerprint density at radius 3 is 2.25 bits per heavy atom. The third-order valence-corrected chi connectivity index (χ3v) is 1.01. The molecule has 0 unspecified atom stereocenters. The van der Waals surface area contributed by atoms with Gasteiger partial charge in [-0.2, -0.15) is 0 Å². The second kappa shape index (κ2) is 3.53. The molecule has 0 aliphatic carbocycles. The number of rotatable bonds is 3. The summed E-state index contributed by atoms with van der Waals surface area (Å²) in [5, 5.41) is 3.00. The number of hydrogen-bond donors (Lipinski definition) is 1. The van der Waals surface area contributed by atoms with Gasteiger partial charge in [-0.25, -0.2) is 0 Å². The molecule has 1 nitrogen and oxygen atoms in total. The molecule has 0 aromatic carbocycles. The van der Waals surface area contributed by atoms with Crippen molar-refractivity contribution in [3.8, 4) is 0 Å². The van der Waals surface area contributed by atoms with E-state index < -0.39 is 0 Å². The normalized spacial score (nSPS) is 9.50. The first-order valence-corrected chi connectivity index (χ1v) is 3.02. The van der Waals surface area contributed by atoms with Crippen LogP contribution < -0.4 is 5.32 Å². The zero-order chi connectivity index (χ0) is 6.57. The second-order valence-electron chi connectivity index (χ2n) is 2.45. The Hall–Kier alpha value is -0.460. The van der Waals surface area contributed by atoms with Crippen molar-refractivity contribution >= 4 is 0 Å². The Kier molecular flexibility index (Phi) is 3.33. The lowest BCUT2D eigenvalue weighted by Gasteiger charge is -2.05. The van der Waals surface area contributed by atoms with E-state index in [-0.39, 0.29) is 0 Å². The molecule has 0 heterocycles. The molecular weight excluding hydrogens is 98.1 g/mol. The van der Waals surface area contributed by atoms with Crippen LogP contribution in [0.5, 0.6) is 0 Å². The monoisotopic (exact) mass is 113 g/mol. The minimum Gasteiger partial charge on any atom is -0.392 e. The Morgan fingerprint density at radius 2 is 2.12 bits per heavy atom. The highest BCUT2D eigenvalue weighted by Crippen LogP contribution is 2.03. The van der Waals surface area contributed by atoms with E-state index in [1.165, 1.54) is 0 Å². The molecule has 0 spiro atoms. The maximum absolute atomic E-state index is 3.80. The van der Waals surface area contributed by atoms with Crippen LogP contribution in [0, 0.1) is 5.92 Å². The van der Waals surface area contributed by atoms with Crippen molar-refractivity contribution in [3.63, 3.8) is 0 Å². The molecule has 0 radical (unpaired) electrons. The van der Waals surface area contributed by atoms with Crippen LogP contribution in [0.4, 0.5) is 0 Å². The van der Waals surface area contributed by atoms with Crippen LogP contribution in [0.15, 0.2) is 12.3 Å². The number of allylic oxidation sites excluding steroid dienone is 1. The zero-order valence-corrected chi connectivity index (χ0v) is 5.99. The van der Waals surface area contributed by atoms with Crippen LogP contribution in [-0.4, -0.2) is 7.05 Å². The molecule has 1 N–H and O–H groups in total. The molecule has 8 heavy (non-hydrogen) atoms. The van der Waals surface area contributed by atoms with E-state index in [4.69, 9.17) is 0 Å². The predicted octanol–water partition coefficient (Wildman–Crippen LogP) is 1.77. The third kappa shape index (κ3) is 3.72. The lowest BCUT2D eigenvalue weighted by Crippen LogP contribution is -2.06. The summed E-state index contributed by atoms with van der Waals surface area (Å²) in [6, 6.07) is 0. The van der Waals surface area contributed by atoms with Gasteiger partial charge in [0.1, 0.15) is 0 Å². The first-order valence-electron chi connectivity index (χ1n) is 3.02. The summed E-state index contributed by atoms with van der Waals surface area (Å²) in [7, 11) is 1.91. The van der Waals surface area contributed by atoms with Gasteiger partial charge in [-0.1, -0.05) is 20.4 Å². The molecular formula is C7H15N. The van der Waals surface area contributed by atoms with Gasteiger partial charge in [0.2, 0.25) is 0 Å². The summed E-state index contributed by atoms with van der Waals surface area (Å²) in [4.78, 5) is 0. The van der Waals surface area contributed by atoms with Crippen molar-refractivity contribution in [1.82, 2.24) is 5.32 Å². The Bertz CT molecular complexity index is 74.5. The molecule has 1 heteroatoms. The first kappa shape index (κ1) is 7.54. The van der Waals surface area contributed by atoms with Crippen LogP contribution >= 0.6 is 0 Å². The summed E-state index contributed by atoms with van der Waals surface area (Å²) in [5.74, 6) is 0.718. The minimum atomic E-state index is 0.718. The molecule has 0 bridgehead atoms. The standard InChI is InChI=1S/C7H15N/c1-6(2)5-7(3)8-4/h6,8H,3,5H2,1-2,4H3. The van der Waals surface area contributed by atoms with Crippen LogP contribution in [0.3, 0.4) is 0 Å². The van der Waals surface area contributed by atoms with Crippen molar-refractivity contribution in [2.45, 2.75) is 20.3 Å². The summed E-state index contributed by atoms with van der Waals surface area (Å²) in [6.45, 7) is 8.17. The predicted molar refractivity (Wildman–Crippen MR) is 37.7 cm³/mol. The van der Waals surface area contributed by atoms with Gasteiger partial charge < -0.3 is 5.32 Å². The van der Waals surface area contributed by atoms with E-state index >= 15 is 0 Å². The smallest absolute Gasteiger partial charge is 0.00336 e. The fourth-order valence-electron chi connectivity index (χ4n) is 0.595. The van der Waals surface area contributed by atoms with Crippen LogP contribution in [-0.2, 0) is 0 Å². The molecule has 0 amide bonds. The van der Waals surface area contributed by atoms with Gasteiger partial charge in [0.15, 0.2) is 0 Å². The Labute approximate surface area is 51.8 Å². The lowest BCUT2D eigenvalue weighted by molar-refractivity contribution is 0.620. The summed E-state index contributed by atoms with van der Waals surface area (Å²) in [5.41, 5.74) is 1.13. The van der Waals surface area contributed by atoms with E-state index in [0.29, 0.717) is 0 Å². The first-order chi connectivity index (χ1) is 3.66. The van der Waals surface area contributed by atoms with E-state index in [2.05, 4.69) is 25.7 Å². The molecule has 0 aromatic rings. The molecule has 0 saturated carbocycles. The highest BCUT2D eigenvalue weighted by molar-refractivity contribution is 4.89. The van der Waals surface area contributed by atoms with E-state index in [9.17, 15) is 0 Å². The molecule has 0 aliphatic rings. The lowest BCUT2D eigenvalue weighted by atomic mass is 10.1. The van der Waals surface area contributed by atoms with Gasteiger partial charge in [-0.05, 0) is 12.3 Å². The maximum atomic E-state index is 3.80. The number of nitrogens with one attached hydrogen (secondary N) is 1. The van der Waals surface area contributed by atoms with Crippen molar-refractivity contribution < 1.29 is 0 Å². The van der Waals surface area contributed by atoms with Gasteiger partial charge in [-0.3, -0.25) is 0 Å². The Balaban J connectivity index is 3.25. The third-order valence-electron chi connectivity index (χ3n) is 1.01. The average molecular weight is 113 g/mol. The van der Waals surface area contributed by atoms with Crippen molar-refractivity contribution in [2.24, 2.45) is 5.92 Å². The molecule has 0 saturated heterocycles. The van der Waals surface area contributed by atoms with Crippen molar-refractivity contribution in [2.75, 3.05) is 7.05 Å². The Morgan fingerprint density at radius 1 is 1.62 bits per heavy atom. The quantitative estimate of drug-likeness (QED) is 0.588. The molecule has 0 rings (SSSR count). The maximum Gasteiger partial charge on any atom is 0.00336 e. The van der Waals surface area contributed by atoms with Gasteiger partial charge in [-0.15, -0.1) is 0 Å². The summed E-state index contributed by atoms with van der Waals surface area (Å²) >= 11 is 0. The van der Waals surface area contributed by atoms with Crippen LogP contribution in [0.2, 0.25) is 0 Å². The van der Waals surface area contributed by atoms with E-state index in [0.717, 1.165) is 18.0 Å². The molecule has 0 aromatic heterocycles. The summed E-state index contributed by atoms with van der Waals surface area (Å²) < 4.78 is 0. The largest absolute Gasteiger partial charge is 0.392 e. The molecule has 0 fully saturated rings.